The van der Waals surface area contributed by atoms with Gasteiger partial charge < -0.3 is 5.32 Å². The van der Waals surface area contributed by atoms with E-state index in [9.17, 15) is 4.79 Å². The first kappa shape index (κ1) is 13.3. The maximum atomic E-state index is 11.8. The molecule has 5 nitrogen and oxygen atoms in total. The molecule has 1 amide bonds. The minimum atomic E-state index is -0.0293. The van der Waals surface area contributed by atoms with Gasteiger partial charge in [-0.15, -0.1) is 0 Å². The third-order valence-electron chi connectivity index (χ3n) is 2.78. The van der Waals surface area contributed by atoms with Gasteiger partial charge in [0.2, 0.25) is 5.91 Å². The summed E-state index contributed by atoms with van der Waals surface area (Å²) in [6, 6.07) is 5.72. The van der Waals surface area contributed by atoms with Gasteiger partial charge >= 0.3 is 0 Å². The van der Waals surface area contributed by atoms with Gasteiger partial charge in [-0.25, -0.2) is 0 Å². The van der Waals surface area contributed by atoms with Gasteiger partial charge in [0.1, 0.15) is 0 Å². The SMILES string of the molecule is CCCc1cc(NC(=O)CCc2cccnc2)n[nH]1. The molecule has 100 valence electrons. The van der Waals surface area contributed by atoms with Crippen LogP contribution >= 0.6 is 0 Å². The number of carbonyl (C=O) groups excluding carboxylic acids is 1. The molecule has 0 saturated heterocycles. The summed E-state index contributed by atoms with van der Waals surface area (Å²) in [5, 5.41) is 9.76. The van der Waals surface area contributed by atoms with Crippen LogP contribution in [0.15, 0.2) is 30.6 Å². The second-order valence-electron chi connectivity index (χ2n) is 4.44. The molecular formula is C14H18N4O. The average molecular weight is 258 g/mol. The second kappa shape index (κ2) is 6.68. The van der Waals surface area contributed by atoms with E-state index in [0.717, 1.165) is 24.1 Å². The number of nitrogens with zero attached hydrogens (tertiary/aromatic N) is 2. The molecule has 5 heteroatoms. The van der Waals surface area contributed by atoms with Crippen molar-refractivity contribution in [2.75, 3.05) is 5.32 Å². The van der Waals surface area contributed by atoms with E-state index < -0.39 is 0 Å². The van der Waals surface area contributed by atoms with Gasteiger partial charge in [0.25, 0.3) is 0 Å². The number of aromatic amines is 1. The van der Waals surface area contributed by atoms with Gasteiger partial charge in [0.15, 0.2) is 5.82 Å². The lowest BCUT2D eigenvalue weighted by Crippen LogP contribution is -2.12. The van der Waals surface area contributed by atoms with Crippen molar-refractivity contribution in [3.05, 3.63) is 41.9 Å². The Balaban J connectivity index is 1.80. The highest BCUT2D eigenvalue weighted by molar-refractivity contribution is 5.89. The second-order valence-corrected chi connectivity index (χ2v) is 4.44. The van der Waals surface area contributed by atoms with E-state index in [0.29, 0.717) is 18.7 Å². The lowest BCUT2D eigenvalue weighted by Gasteiger charge is -2.01. The number of anilines is 1. The largest absolute Gasteiger partial charge is 0.309 e. The summed E-state index contributed by atoms with van der Waals surface area (Å²) in [7, 11) is 0. The zero-order valence-corrected chi connectivity index (χ0v) is 11.0. The molecule has 0 saturated carbocycles. The van der Waals surface area contributed by atoms with E-state index in [1.807, 2.05) is 18.2 Å². The third-order valence-corrected chi connectivity index (χ3v) is 2.78. The van der Waals surface area contributed by atoms with Gasteiger partial charge in [0.05, 0.1) is 0 Å². The Bertz CT molecular complexity index is 521. The average Bonchev–Trinajstić information content (AvgIpc) is 2.85. The Morgan fingerprint density at radius 1 is 1.42 bits per heavy atom. The normalized spacial score (nSPS) is 10.4. The van der Waals surface area contributed by atoms with Crippen molar-refractivity contribution < 1.29 is 4.79 Å². The van der Waals surface area contributed by atoms with Crippen molar-refractivity contribution in [3.8, 4) is 0 Å². The molecule has 2 heterocycles. The number of hydrogen-bond donors (Lipinski definition) is 2. The van der Waals surface area contributed by atoms with Crippen molar-refractivity contribution in [3.63, 3.8) is 0 Å². The van der Waals surface area contributed by atoms with Crippen LogP contribution in [0.5, 0.6) is 0 Å². The van der Waals surface area contributed by atoms with Crippen molar-refractivity contribution in [1.82, 2.24) is 15.2 Å². The first-order valence-electron chi connectivity index (χ1n) is 6.51. The maximum Gasteiger partial charge on any atom is 0.225 e. The fraction of sp³-hybridized carbons (Fsp3) is 0.357. The molecule has 0 aromatic carbocycles. The number of amides is 1. The smallest absolute Gasteiger partial charge is 0.225 e. The molecule has 2 aromatic rings. The monoisotopic (exact) mass is 258 g/mol. The van der Waals surface area contributed by atoms with Crippen molar-refractivity contribution >= 4 is 11.7 Å². The first-order valence-corrected chi connectivity index (χ1v) is 6.51. The van der Waals surface area contributed by atoms with Crippen LogP contribution in [0.2, 0.25) is 0 Å². The molecule has 0 aliphatic rings. The van der Waals surface area contributed by atoms with Crippen molar-refractivity contribution in [2.24, 2.45) is 0 Å². The minimum Gasteiger partial charge on any atom is -0.309 e. The van der Waals surface area contributed by atoms with Gasteiger partial charge in [-0.1, -0.05) is 19.4 Å². The number of aromatic nitrogens is 3. The van der Waals surface area contributed by atoms with Gasteiger partial charge in [-0.2, -0.15) is 5.10 Å². The highest BCUT2D eigenvalue weighted by Crippen LogP contribution is 2.08. The van der Waals surface area contributed by atoms with Gasteiger partial charge in [-0.3, -0.25) is 14.9 Å². The van der Waals surface area contributed by atoms with E-state index in [2.05, 4.69) is 27.4 Å². The lowest BCUT2D eigenvalue weighted by molar-refractivity contribution is -0.116. The topological polar surface area (TPSA) is 70.7 Å². The molecule has 2 aromatic heterocycles. The molecule has 0 spiro atoms. The molecule has 2 rings (SSSR count). The summed E-state index contributed by atoms with van der Waals surface area (Å²) < 4.78 is 0. The predicted molar refractivity (Wildman–Crippen MR) is 73.8 cm³/mol. The van der Waals surface area contributed by atoms with E-state index >= 15 is 0 Å². The predicted octanol–water partition coefficient (Wildman–Crippen LogP) is 2.33. The highest BCUT2D eigenvalue weighted by Gasteiger charge is 2.06. The Hall–Kier alpha value is -2.17. The zero-order chi connectivity index (χ0) is 13.5. The molecular weight excluding hydrogens is 240 g/mol. The maximum absolute atomic E-state index is 11.8. The van der Waals surface area contributed by atoms with E-state index in [4.69, 9.17) is 0 Å². The molecule has 19 heavy (non-hydrogen) atoms. The van der Waals surface area contributed by atoms with E-state index in [-0.39, 0.29) is 5.91 Å². The number of carbonyl (C=O) groups is 1. The summed E-state index contributed by atoms with van der Waals surface area (Å²) in [5.74, 6) is 0.568. The van der Waals surface area contributed by atoms with Crippen LogP contribution < -0.4 is 5.32 Å². The number of nitrogens with one attached hydrogen (secondary N) is 2. The molecule has 0 unspecified atom stereocenters. The van der Waals surface area contributed by atoms with Crippen LogP contribution in [0.1, 0.15) is 31.0 Å². The first-order chi connectivity index (χ1) is 9.28. The molecule has 0 aliphatic heterocycles. The molecule has 0 fully saturated rings. The standard InChI is InChI=1S/C14H18N4O/c1-2-4-12-9-13(18-17-12)16-14(19)7-6-11-5-3-8-15-10-11/h3,5,8-10H,2,4,6-7H2,1H3,(H2,16,17,18,19). The fourth-order valence-corrected chi connectivity index (χ4v) is 1.83. The van der Waals surface area contributed by atoms with E-state index in [1.165, 1.54) is 0 Å². The summed E-state index contributed by atoms with van der Waals surface area (Å²) in [5.41, 5.74) is 2.11. The van der Waals surface area contributed by atoms with Crippen LogP contribution in [0, 0.1) is 0 Å². The minimum absolute atomic E-state index is 0.0293. The molecule has 0 atom stereocenters. The van der Waals surface area contributed by atoms with Crippen molar-refractivity contribution in [2.45, 2.75) is 32.6 Å². The quantitative estimate of drug-likeness (QED) is 0.835. The van der Waals surface area contributed by atoms with Crippen LogP contribution in [-0.4, -0.2) is 21.1 Å². The van der Waals surface area contributed by atoms with Crippen LogP contribution in [-0.2, 0) is 17.6 Å². The molecule has 2 N–H and O–H groups in total. The zero-order valence-electron chi connectivity index (χ0n) is 11.0. The van der Waals surface area contributed by atoms with Gasteiger partial charge in [0, 0.05) is 30.6 Å². The van der Waals surface area contributed by atoms with Crippen molar-refractivity contribution in [1.29, 1.82) is 0 Å². The van der Waals surface area contributed by atoms with Crippen LogP contribution in [0.25, 0.3) is 0 Å². The Labute approximate surface area is 112 Å². The number of rotatable bonds is 6. The summed E-state index contributed by atoms with van der Waals surface area (Å²) in [6.45, 7) is 2.10. The Morgan fingerprint density at radius 3 is 3.05 bits per heavy atom. The Morgan fingerprint density at radius 2 is 2.32 bits per heavy atom. The molecule has 0 bridgehead atoms. The number of aryl methyl sites for hydroxylation is 2. The number of H-pyrrole nitrogens is 1. The van der Waals surface area contributed by atoms with Crippen LogP contribution in [0.4, 0.5) is 5.82 Å². The summed E-state index contributed by atoms with van der Waals surface area (Å²) in [6.07, 6.45) is 6.62. The molecule has 0 radical (unpaired) electrons. The van der Waals surface area contributed by atoms with E-state index in [1.54, 1.807) is 12.4 Å². The van der Waals surface area contributed by atoms with Gasteiger partial charge in [-0.05, 0) is 24.5 Å². The summed E-state index contributed by atoms with van der Waals surface area (Å²) >= 11 is 0. The fourth-order valence-electron chi connectivity index (χ4n) is 1.83. The van der Waals surface area contributed by atoms with Crippen LogP contribution in [0.3, 0.4) is 0 Å². The summed E-state index contributed by atoms with van der Waals surface area (Å²) in [4.78, 5) is 15.8. The molecule has 0 aliphatic carbocycles. The highest BCUT2D eigenvalue weighted by atomic mass is 16.1. The Kier molecular flexibility index (Phi) is 4.66. The lowest BCUT2D eigenvalue weighted by atomic mass is 10.1. The third kappa shape index (κ3) is 4.21. The number of hydrogen-bond acceptors (Lipinski definition) is 3. The number of pyridine rings is 1.